The number of carbonyl (C=O) groups is 2. The number of phenolic OH excluding ortho intramolecular Hbond substituents is 1. The first kappa shape index (κ1) is 24.3. The van der Waals surface area contributed by atoms with E-state index in [0.717, 1.165) is 22.7 Å². The number of aromatic hydroxyl groups is 1. The van der Waals surface area contributed by atoms with Crippen LogP contribution in [0.3, 0.4) is 0 Å². The van der Waals surface area contributed by atoms with E-state index in [1.165, 1.54) is 0 Å². The molecule has 1 unspecified atom stereocenters. The van der Waals surface area contributed by atoms with Crippen LogP contribution in [0.15, 0.2) is 65.1 Å². The summed E-state index contributed by atoms with van der Waals surface area (Å²) < 4.78 is 5.39. The van der Waals surface area contributed by atoms with Gasteiger partial charge >= 0.3 is 6.03 Å². The maximum atomic E-state index is 13.7. The summed E-state index contributed by atoms with van der Waals surface area (Å²) in [7, 11) is 1.57. The van der Waals surface area contributed by atoms with Crippen LogP contribution in [0, 0.1) is 0 Å². The molecule has 38 heavy (non-hydrogen) atoms. The lowest BCUT2D eigenvalue weighted by Crippen LogP contribution is -2.55. The molecule has 9 heteroatoms. The first-order chi connectivity index (χ1) is 18.4. The summed E-state index contributed by atoms with van der Waals surface area (Å²) in [6.07, 6.45) is 13.0. The van der Waals surface area contributed by atoms with Gasteiger partial charge in [-0.15, -0.1) is 0 Å². The molecule has 5 aliphatic rings. The van der Waals surface area contributed by atoms with Gasteiger partial charge in [-0.2, -0.15) is 0 Å². The number of hydrogen-bond donors (Lipinski definition) is 1. The van der Waals surface area contributed by atoms with E-state index in [9.17, 15) is 14.7 Å². The van der Waals surface area contributed by atoms with Crippen molar-refractivity contribution in [3.05, 3.63) is 71.2 Å². The van der Waals surface area contributed by atoms with E-state index in [2.05, 4.69) is 18.0 Å². The number of hydrogen-bond acceptors (Lipinski definition) is 6. The van der Waals surface area contributed by atoms with Gasteiger partial charge in [0.25, 0.3) is 5.91 Å². The minimum Gasteiger partial charge on any atom is -0.507 e. The SMILES string of the molecule is CCN1C(=O)N2Cc3cc(OC)cc(O)c3C(C)C=C2C12CCN(C(=O)C1=CN3C=CC=CC3=NC1)CC2. The fraction of sp³-hybridized carbons (Fsp3) is 0.414. The second-order valence-electron chi connectivity index (χ2n) is 10.4. The number of carbonyl (C=O) groups excluding carboxylic acids is 2. The van der Waals surface area contributed by atoms with Crippen molar-refractivity contribution in [3.8, 4) is 11.5 Å². The summed E-state index contributed by atoms with van der Waals surface area (Å²) >= 11 is 0. The van der Waals surface area contributed by atoms with Gasteiger partial charge in [0, 0.05) is 55.3 Å². The van der Waals surface area contributed by atoms with Crippen molar-refractivity contribution in [2.45, 2.75) is 44.7 Å². The van der Waals surface area contributed by atoms with Gasteiger partial charge in [-0.05, 0) is 43.5 Å². The average molecular weight is 516 g/mol. The molecule has 0 aromatic heterocycles. The number of aliphatic imine (C=N–C) groups is 1. The summed E-state index contributed by atoms with van der Waals surface area (Å²) in [6, 6.07) is 3.52. The molecular weight excluding hydrogens is 482 g/mol. The molecule has 1 aromatic rings. The zero-order valence-corrected chi connectivity index (χ0v) is 22.1. The number of amides is 3. The summed E-state index contributed by atoms with van der Waals surface area (Å²) in [5, 5.41) is 10.8. The molecule has 0 bridgehead atoms. The van der Waals surface area contributed by atoms with Gasteiger partial charge in [0.15, 0.2) is 0 Å². The minimum atomic E-state index is -0.481. The number of fused-ring (bicyclic) bond motifs is 4. The molecular formula is C29H33N5O4. The lowest BCUT2D eigenvalue weighted by molar-refractivity contribution is -0.129. The Morgan fingerprint density at radius 1 is 1.24 bits per heavy atom. The summed E-state index contributed by atoms with van der Waals surface area (Å²) in [6.45, 7) is 6.51. The second kappa shape index (κ2) is 9.08. The molecule has 1 N–H and O–H groups in total. The number of likely N-dealkylation sites (N-methyl/N-ethyl adjacent to an activating group) is 1. The molecule has 1 spiro atoms. The molecule has 3 amide bonds. The summed E-state index contributed by atoms with van der Waals surface area (Å²) in [5.74, 6) is 1.51. The predicted molar refractivity (Wildman–Crippen MR) is 144 cm³/mol. The fourth-order valence-corrected chi connectivity index (χ4v) is 6.59. The molecule has 9 nitrogen and oxygen atoms in total. The van der Waals surface area contributed by atoms with Gasteiger partial charge in [0.1, 0.15) is 17.3 Å². The molecule has 0 radical (unpaired) electrons. The zero-order chi connectivity index (χ0) is 26.6. The highest BCUT2D eigenvalue weighted by Crippen LogP contribution is 2.48. The molecule has 6 rings (SSSR count). The smallest absolute Gasteiger partial charge is 0.325 e. The van der Waals surface area contributed by atoms with Crippen LogP contribution in [0.25, 0.3) is 0 Å². The van der Waals surface area contributed by atoms with Crippen LogP contribution in [-0.2, 0) is 11.3 Å². The maximum Gasteiger partial charge on any atom is 0.325 e. The van der Waals surface area contributed by atoms with Crippen LogP contribution in [0.2, 0.25) is 0 Å². The number of ether oxygens (including phenoxy) is 1. The highest BCUT2D eigenvalue weighted by molar-refractivity contribution is 6.01. The van der Waals surface area contributed by atoms with Crippen molar-refractivity contribution in [1.29, 1.82) is 0 Å². The van der Waals surface area contributed by atoms with E-state index >= 15 is 0 Å². The van der Waals surface area contributed by atoms with Crippen LogP contribution in [0.5, 0.6) is 11.5 Å². The van der Waals surface area contributed by atoms with E-state index in [0.29, 0.717) is 56.9 Å². The Hall–Kier alpha value is -4.01. The van der Waals surface area contributed by atoms with Gasteiger partial charge in [-0.3, -0.25) is 14.7 Å². The summed E-state index contributed by atoms with van der Waals surface area (Å²) in [5.41, 5.74) is 2.89. The average Bonchev–Trinajstić information content (AvgIpc) is 3.03. The Labute approximate surface area is 222 Å². The highest BCUT2D eigenvalue weighted by atomic mass is 16.5. The Bertz CT molecular complexity index is 1350. The van der Waals surface area contributed by atoms with Crippen molar-refractivity contribution in [2.24, 2.45) is 4.99 Å². The number of urea groups is 1. The Kier molecular flexibility index (Phi) is 5.81. The minimum absolute atomic E-state index is 0.00228. The molecule has 5 aliphatic heterocycles. The number of rotatable bonds is 3. The highest BCUT2D eigenvalue weighted by Gasteiger charge is 2.55. The number of methoxy groups -OCH3 is 1. The predicted octanol–water partition coefficient (Wildman–Crippen LogP) is 3.70. The van der Waals surface area contributed by atoms with Crippen molar-refractivity contribution >= 4 is 17.8 Å². The van der Waals surface area contributed by atoms with Gasteiger partial charge < -0.3 is 24.5 Å². The number of piperidine rings is 1. The first-order valence-corrected chi connectivity index (χ1v) is 13.2. The van der Waals surface area contributed by atoms with Crippen LogP contribution in [-0.4, -0.2) is 81.3 Å². The van der Waals surface area contributed by atoms with Crippen LogP contribution >= 0.6 is 0 Å². The largest absolute Gasteiger partial charge is 0.507 e. The molecule has 1 atom stereocenters. The van der Waals surface area contributed by atoms with E-state index < -0.39 is 5.54 Å². The molecule has 5 heterocycles. The molecule has 2 saturated heterocycles. The van der Waals surface area contributed by atoms with Crippen LogP contribution in [0.4, 0.5) is 4.79 Å². The number of benzene rings is 1. The third-order valence-corrected chi connectivity index (χ3v) is 8.43. The molecule has 0 aliphatic carbocycles. The second-order valence-corrected chi connectivity index (χ2v) is 10.4. The summed E-state index contributed by atoms with van der Waals surface area (Å²) in [4.78, 5) is 39.4. The number of phenols is 1. The number of likely N-dealkylation sites (tertiary alicyclic amines) is 1. The number of amidine groups is 1. The molecule has 0 saturated carbocycles. The Morgan fingerprint density at radius 3 is 2.76 bits per heavy atom. The van der Waals surface area contributed by atoms with Crippen molar-refractivity contribution in [1.82, 2.24) is 19.6 Å². The van der Waals surface area contributed by atoms with Gasteiger partial charge in [0.2, 0.25) is 0 Å². The molecule has 1 aromatic carbocycles. The van der Waals surface area contributed by atoms with E-state index in [1.54, 1.807) is 13.2 Å². The lowest BCUT2D eigenvalue weighted by Gasteiger charge is -2.44. The third kappa shape index (κ3) is 3.63. The van der Waals surface area contributed by atoms with Crippen molar-refractivity contribution in [2.75, 3.05) is 33.3 Å². The Morgan fingerprint density at radius 2 is 2.03 bits per heavy atom. The monoisotopic (exact) mass is 515 g/mol. The maximum absolute atomic E-state index is 13.7. The van der Waals surface area contributed by atoms with Crippen molar-refractivity contribution in [3.63, 3.8) is 0 Å². The Balaban J connectivity index is 1.27. The fourth-order valence-electron chi connectivity index (χ4n) is 6.59. The van der Waals surface area contributed by atoms with Crippen molar-refractivity contribution < 1.29 is 19.4 Å². The van der Waals surface area contributed by atoms with E-state index in [4.69, 9.17) is 4.74 Å². The van der Waals surface area contributed by atoms with Crippen LogP contribution < -0.4 is 4.74 Å². The topological polar surface area (TPSA) is 88.9 Å². The van der Waals surface area contributed by atoms with Gasteiger partial charge in [-0.25, -0.2) is 4.79 Å². The molecule has 198 valence electrons. The van der Waals surface area contributed by atoms with Gasteiger partial charge in [0.05, 0.1) is 31.3 Å². The third-order valence-electron chi connectivity index (χ3n) is 8.43. The lowest BCUT2D eigenvalue weighted by atomic mass is 9.82. The van der Waals surface area contributed by atoms with E-state index in [-0.39, 0.29) is 23.6 Å². The van der Waals surface area contributed by atoms with Gasteiger partial charge in [-0.1, -0.05) is 19.1 Å². The standard InChI is InChI=1S/C29H33N5O4/c1-4-34-28(37)33-18-20-14-22(38-3)15-23(35)26(20)19(2)13-24(33)29(34)8-11-31(12-9-29)27(36)21-16-30-25-7-5-6-10-32(25)17-21/h5-7,10,13-15,17,19,35H,4,8-9,11-12,16,18H2,1-3H3. The number of nitrogens with zero attached hydrogens (tertiary/aromatic N) is 5. The zero-order valence-electron chi connectivity index (χ0n) is 22.1. The first-order valence-electron chi connectivity index (χ1n) is 13.2. The normalized spacial score (nSPS) is 23.4. The molecule has 2 fully saturated rings. The van der Waals surface area contributed by atoms with E-state index in [1.807, 2.05) is 63.2 Å². The number of allylic oxidation sites excluding steroid dienone is 3. The van der Waals surface area contributed by atoms with Crippen LogP contribution in [0.1, 0.15) is 43.7 Å². The quantitative estimate of drug-likeness (QED) is 0.663.